The highest BCUT2D eigenvalue weighted by atomic mass is 16.4. The van der Waals surface area contributed by atoms with Crippen molar-refractivity contribution in [1.29, 1.82) is 0 Å². The molecule has 2 aliphatic rings. The zero-order chi connectivity index (χ0) is 12.6. The van der Waals surface area contributed by atoms with Crippen molar-refractivity contribution in [3.8, 4) is 0 Å². The van der Waals surface area contributed by atoms with Gasteiger partial charge in [0.15, 0.2) is 0 Å². The second kappa shape index (κ2) is 4.58. The number of carboxylic acids is 1. The van der Waals surface area contributed by atoms with Crippen LogP contribution in [0.2, 0.25) is 0 Å². The highest BCUT2D eigenvalue weighted by Gasteiger charge is 2.44. The van der Waals surface area contributed by atoms with E-state index >= 15 is 0 Å². The first-order valence-electron chi connectivity index (χ1n) is 6.69. The number of piperidine rings is 1. The third-order valence-electron chi connectivity index (χ3n) is 4.58. The van der Waals surface area contributed by atoms with Gasteiger partial charge in [0.1, 0.15) is 5.54 Å². The van der Waals surface area contributed by atoms with Gasteiger partial charge >= 0.3 is 5.97 Å². The first-order chi connectivity index (χ1) is 7.96. The lowest BCUT2D eigenvalue weighted by Crippen LogP contribution is -2.58. The lowest BCUT2D eigenvalue weighted by molar-refractivity contribution is -0.152. The van der Waals surface area contributed by atoms with Crippen LogP contribution < -0.4 is 0 Å². The van der Waals surface area contributed by atoms with Crippen LogP contribution in [0.5, 0.6) is 0 Å². The summed E-state index contributed by atoms with van der Waals surface area (Å²) in [6.45, 7) is 10.1. The highest BCUT2D eigenvalue weighted by Crippen LogP contribution is 2.34. The zero-order valence-corrected chi connectivity index (χ0v) is 11.1. The van der Waals surface area contributed by atoms with Crippen LogP contribution in [-0.4, -0.2) is 58.6 Å². The fourth-order valence-electron chi connectivity index (χ4n) is 3.51. The second-order valence-electron chi connectivity index (χ2n) is 5.86. The Morgan fingerprint density at radius 1 is 1.41 bits per heavy atom. The van der Waals surface area contributed by atoms with Crippen molar-refractivity contribution >= 4 is 5.97 Å². The van der Waals surface area contributed by atoms with E-state index in [2.05, 4.69) is 16.7 Å². The van der Waals surface area contributed by atoms with Crippen LogP contribution >= 0.6 is 0 Å². The number of likely N-dealkylation sites (N-methyl/N-ethyl adjacent to an activating group) is 1. The van der Waals surface area contributed by atoms with E-state index in [-0.39, 0.29) is 0 Å². The van der Waals surface area contributed by atoms with Crippen LogP contribution in [0.1, 0.15) is 33.6 Å². The fraction of sp³-hybridized carbons (Fsp3) is 0.923. The highest BCUT2D eigenvalue weighted by molar-refractivity contribution is 5.77. The van der Waals surface area contributed by atoms with Gasteiger partial charge in [-0.1, -0.05) is 6.92 Å². The Kier molecular flexibility index (Phi) is 3.46. The molecule has 0 aliphatic carbocycles. The van der Waals surface area contributed by atoms with Crippen LogP contribution in [-0.2, 0) is 4.79 Å². The molecule has 0 aromatic rings. The van der Waals surface area contributed by atoms with Crippen LogP contribution in [0, 0.1) is 5.92 Å². The molecule has 4 nitrogen and oxygen atoms in total. The average Bonchev–Trinajstić information content (AvgIpc) is 2.65. The summed E-state index contributed by atoms with van der Waals surface area (Å²) in [5.41, 5.74) is -0.746. The summed E-state index contributed by atoms with van der Waals surface area (Å²) in [5, 5.41) is 9.39. The molecule has 2 fully saturated rings. The third-order valence-corrected chi connectivity index (χ3v) is 4.58. The lowest BCUT2D eigenvalue weighted by atomic mass is 9.88. The van der Waals surface area contributed by atoms with Crippen molar-refractivity contribution in [2.24, 2.45) is 5.92 Å². The normalized spacial score (nSPS) is 33.1. The Labute approximate surface area is 104 Å². The minimum atomic E-state index is -0.746. The molecule has 2 bridgehead atoms. The third kappa shape index (κ3) is 2.20. The first-order valence-corrected chi connectivity index (χ1v) is 6.69. The smallest absolute Gasteiger partial charge is 0.323 e. The Hall–Kier alpha value is -0.610. The van der Waals surface area contributed by atoms with Gasteiger partial charge in [-0.05, 0) is 52.2 Å². The average molecular weight is 240 g/mol. The Morgan fingerprint density at radius 2 is 2.06 bits per heavy atom. The summed E-state index contributed by atoms with van der Waals surface area (Å²) in [7, 11) is 0. The maximum absolute atomic E-state index is 11.4. The van der Waals surface area contributed by atoms with Crippen LogP contribution in [0.15, 0.2) is 0 Å². The molecule has 2 heterocycles. The van der Waals surface area contributed by atoms with E-state index in [4.69, 9.17) is 0 Å². The first kappa shape index (κ1) is 12.8. The molecule has 0 aromatic carbocycles. The summed E-state index contributed by atoms with van der Waals surface area (Å²) in [6, 6.07) is 0.449. The van der Waals surface area contributed by atoms with E-state index in [1.165, 1.54) is 13.0 Å². The van der Waals surface area contributed by atoms with E-state index in [0.717, 1.165) is 26.1 Å². The number of hydrogen-bond acceptors (Lipinski definition) is 3. The molecule has 2 saturated heterocycles. The molecule has 98 valence electrons. The molecule has 2 aliphatic heterocycles. The molecule has 4 heteroatoms. The predicted octanol–water partition coefficient (Wildman–Crippen LogP) is 1.27. The number of nitrogens with zero attached hydrogens (tertiary/aromatic N) is 2. The van der Waals surface area contributed by atoms with Gasteiger partial charge in [0, 0.05) is 12.6 Å². The summed E-state index contributed by atoms with van der Waals surface area (Å²) in [6.07, 6.45) is 2.35. The van der Waals surface area contributed by atoms with Crippen molar-refractivity contribution in [2.45, 2.75) is 45.2 Å². The van der Waals surface area contributed by atoms with Gasteiger partial charge in [-0.2, -0.15) is 0 Å². The molecule has 0 aromatic heterocycles. The van der Waals surface area contributed by atoms with Gasteiger partial charge in [-0.15, -0.1) is 0 Å². The van der Waals surface area contributed by atoms with Crippen molar-refractivity contribution in [1.82, 2.24) is 9.80 Å². The fourth-order valence-corrected chi connectivity index (χ4v) is 3.51. The van der Waals surface area contributed by atoms with Gasteiger partial charge in [0.2, 0.25) is 0 Å². The molecule has 0 spiro atoms. The monoisotopic (exact) mass is 240 g/mol. The van der Waals surface area contributed by atoms with Crippen molar-refractivity contribution in [2.75, 3.05) is 26.2 Å². The number of rotatable bonds is 4. The Morgan fingerprint density at radius 3 is 2.65 bits per heavy atom. The standard InChI is InChI=1S/C13H24N2O2/c1-4-15(13(2,3)12(16)17)11-6-8-14-7-5-10(11)9-14/h10-11H,4-9H2,1-3H3,(H,16,17). The summed E-state index contributed by atoms with van der Waals surface area (Å²) in [4.78, 5) is 16.1. The summed E-state index contributed by atoms with van der Waals surface area (Å²) >= 11 is 0. The Balaban J connectivity index is 2.15. The summed E-state index contributed by atoms with van der Waals surface area (Å²) in [5.74, 6) is -0.0397. The number of fused-ring (bicyclic) bond motifs is 2. The van der Waals surface area contributed by atoms with E-state index in [1.54, 1.807) is 0 Å². The predicted molar refractivity (Wildman–Crippen MR) is 67.0 cm³/mol. The van der Waals surface area contributed by atoms with Crippen LogP contribution in [0.3, 0.4) is 0 Å². The van der Waals surface area contributed by atoms with Crippen molar-refractivity contribution in [3.05, 3.63) is 0 Å². The molecule has 3 unspecified atom stereocenters. The van der Waals surface area contributed by atoms with Crippen molar-refractivity contribution < 1.29 is 9.90 Å². The van der Waals surface area contributed by atoms with Gasteiger partial charge < -0.3 is 10.0 Å². The Bertz CT molecular complexity index is 304. The maximum atomic E-state index is 11.4. The lowest BCUT2D eigenvalue weighted by Gasteiger charge is -2.45. The van der Waals surface area contributed by atoms with Crippen molar-refractivity contribution in [3.63, 3.8) is 0 Å². The largest absolute Gasteiger partial charge is 0.480 e. The number of carbonyl (C=O) groups is 1. The number of hydrogen-bond donors (Lipinski definition) is 1. The van der Waals surface area contributed by atoms with E-state index < -0.39 is 11.5 Å². The molecular formula is C13H24N2O2. The minimum absolute atomic E-state index is 0.449. The number of aliphatic carboxylic acids is 1. The quantitative estimate of drug-likeness (QED) is 0.803. The van der Waals surface area contributed by atoms with Gasteiger partial charge in [-0.25, -0.2) is 0 Å². The van der Waals surface area contributed by atoms with Crippen LogP contribution in [0.4, 0.5) is 0 Å². The molecular weight excluding hydrogens is 216 g/mol. The second-order valence-corrected chi connectivity index (χ2v) is 5.86. The molecule has 2 rings (SSSR count). The molecule has 3 atom stereocenters. The van der Waals surface area contributed by atoms with Gasteiger partial charge in [0.05, 0.1) is 0 Å². The van der Waals surface area contributed by atoms with E-state index in [9.17, 15) is 9.90 Å². The molecule has 0 radical (unpaired) electrons. The molecule has 0 saturated carbocycles. The molecule has 0 amide bonds. The summed E-state index contributed by atoms with van der Waals surface area (Å²) < 4.78 is 0. The van der Waals surface area contributed by atoms with E-state index in [1.807, 2.05) is 13.8 Å². The van der Waals surface area contributed by atoms with E-state index in [0.29, 0.717) is 12.0 Å². The molecule has 1 N–H and O–H groups in total. The minimum Gasteiger partial charge on any atom is -0.480 e. The molecule has 17 heavy (non-hydrogen) atoms. The topological polar surface area (TPSA) is 43.8 Å². The van der Waals surface area contributed by atoms with Gasteiger partial charge in [-0.3, -0.25) is 9.69 Å². The van der Waals surface area contributed by atoms with Crippen LogP contribution in [0.25, 0.3) is 0 Å². The van der Waals surface area contributed by atoms with Gasteiger partial charge in [0.25, 0.3) is 0 Å². The zero-order valence-electron chi connectivity index (χ0n) is 11.1. The maximum Gasteiger partial charge on any atom is 0.323 e. The number of carboxylic acid groups (broad SMARTS) is 1. The SMILES string of the molecule is CCN(C1CCN2CCC1C2)C(C)(C)C(=O)O.